The number of carbonyl (C=O) groups excluding carboxylic acids is 1. The van der Waals surface area contributed by atoms with Crippen LogP contribution in [0.15, 0.2) is 65.4 Å². The number of aromatic nitrogens is 2. The minimum Gasteiger partial charge on any atom is -0.393 e. The monoisotopic (exact) mass is 413 g/mol. The maximum atomic E-state index is 12.2. The first-order valence-corrected chi connectivity index (χ1v) is 8.43. The molecule has 9 heteroatoms. The molecular formula is C17H16BrN7O. The molecule has 0 saturated carbocycles. The average molecular weight is 414 g/mol. The van der Waals surface area contributed by atoms with E-state index in [1.807, 2.05) is 36.4 Å². The Hall–Kier alpha value is -3.33. The van der Waals surface area contributed by atoms with E-state index in [0.29, 0.717) is 15.9 Å². The van der Waals surface area contributed by atoms with Gasteiger partial charge in [0.1, 0.15) is 12.0 Å². The lowest BCUT2D eigenvalue weighted by Gasteiger charge is -2.14. The van der Waals surface area contributed by atoms with E-state index < -0.39 is 0 Å². The first-order chi connectivity index (χ1) is 12.6. The van der Waals surface area contributed by atoms with Crippen LogP contribution in [0.5, 0.6) is 0 Å². The summed E-state index contributed by atoms with van der Waals surface area (Å²) in [6.07, 6.45) is 1.33. The van der Waals surface area contributed by atoms with Crippen LogP contribution in [0.4, 0.5) is 23.0 Å². The van der Waals surface area contributed by atoms with Crippen LogP contribution in [0.2, 0.25) is 0 Å². The van der Waals surface area contributed by atoms with Crippen LogP contribution in [0.3, 0.4) is 0 Å². The highest BCUT2D eigenvalue weighted by atomic mass is 79.9. The molecule has 0 fully saturated rings. The molecule has 2 aromatic carbocycles. The van der Waals surface area contributed by atoms with Crippen molar-refractivity contribution in [2.75, 3.05) is 22.0 Å². The van der Waals surface area contributed by atoms with Crippen molar-refractivity contribution < 1.29 is 4.79 Å². The first-order valence-electron chi connectivity index (χ1n) is 7.63. The van der Waals surface area contributed by atoms with Gasteiger partial charge < -0.3 is 5.73 Å². The molecule has 1 aromatic heterocycles. The lowest BCUT2D eigenvalue weighted by molar-refractivity contribution is 0.0962. The van der Waals surface area contributed by atoms with Gasteiger partial charge in [-0.05, 0) is 40.2 Å². The van der Waals surface area contributed by atoms with Crippen LogP contribution >= 0.6 is 15.9 Å². The van der Waals surface area contributed by atoms with Gasteiger partial charge >= 0.3 is 0 Å². The number of hydrogen-bond donors (Lipinski definition) is 5. The van der Waals surface area contributed by atoms with E-state index in [0.717, 1.165) is 5.69 Å². The van der Waals surface area contributed by atoms with E-state index in [4.69, 9.17) is 5.73 Å². The number of nitrogen functional groups attached to an aromatic ring is 1. The number of amides is 1. The third kappa shape index (κ3) is 4.19. The van der Waals surface area contributed by atoms with Crippen molar-refractivity contribution in [2.24, 2.45) is 0 Å². The second-order valence-electron chi connectivity index (χ2n) is 5.16. The third-order valence-electron chi connectivity index (χ3n) is 3.40. The molecular weight excluding hydrogens is 398 g/mol. The van der Waals surface area contributed by atoms with Gasteiger partial charge in [0.05, 0.1) is 11.3 Å². The van der Waals surface area contributed by atoms with Crippen LogP contribution < -0.4 is 27.4 Å². The van der Waals surface area contributed by atoms with E-state index in [-0.39, 0.29) is 17.4 Å². The fourth-order valence-electron chi connectivity index (χ4n) is 2.08. The molecule has 6 N–H and O–H groups in total. The van der Waals surface area contributed by atoms with E-state index in [1.54, 1.807) is 18.2 Å². The van der Waals surface area contributed by atoms with Crippen molar-refractivity contribution in [3.8, 4) is 0 Å². The maximum Gasteiger partial charge on any atom is 0.270 e. The Morgan fingerprint density at radius 2 is 1.54 bits per heavy atom. The second-order valence-corrected chi connectivity index (χ2v) is 6.01. The van der Waals surface area contributed by atoms with Crippen molar-refractivity contribution in [2.45, 2.75) is 0 Å². The normalized spacial score (nSPS) is 10.0. The van der Waals surface area contributed by atoms with Gasteiger partial charge in [0.25, 0.3) is 5.91 Å². The fourth-order valence-corrected chi connectivity index (χ4v) is 2.54. The summed E-state index contributed by atoms with van der Waals surface area (Å²) >= 11 is 3.33. The zero-order valence-electron chi connectivity index (χ0n) is 13.5. The van der Waals surface area contributed by atoms with E-state index in [2.05, 4.69) is 47.6 Å². The highest BCUT2D eigenvalue weighted by Gasteiger charge is 2.11. The topological polar surface area (TPSA) is 117 Å². The summed E-state index contributed by atoms with van der Waals surface area (Å²) in [7, 11) is 0. The molecule has 0 saturated heterocycles. The molecule has 3 rings (SSSR count). The average Bonchev–Trinajstić information content (AvgIpc) is 2.67. The Labute approximate surface area is 158 Å². The summed E-state index contributed by atoms with van der Waals surface area (Å²) in [4.78, 5) is 20.4. The molecule has 0 radical (unpaired) electrons. The third-order valence-corrected chi connectivity index (χ3v) is 4.09. The van der Waals surface area contributed by atoms with Crippen LogP contribution in [-0.4, -0.2) is 15.9 Å². The lowest BCUT2D eigenvalue weighted by atomic mass is 10.2. The van der Waals surface area contributed by atoms with Crippen molar-refractivity contribution in [1.29, 1.82) is 0 Å². The Morgan fingerprint density at radius 3 is 2.27 bits per heavy atom. The van der Waals surface area contributed by atoms with E-state index >= 15 is 0 Å². The highest BCUT2D eigenvalue weighted by Crippen LogP contribution is 2.22. The Bertz CT molecular complexity index is 905. The first kappa shape index (κ1) is 17.5. The van der Waals surface area contributed by atoms with Crippen LogP contribution in [0.1, 0.15) is 10.4 Å². The van der Waals surface area contributed by atoms with Crippen molar-refractivity contribution in [1.82, 2.24) is 15.4 Å². The zero-order chi connectivity index (χ0) is 18.4. The van der Waals surface area contributed by atoms with Gasteiger partial charge in [0.2, 0.25) is 0 Å². The largest absolute Gasteiger partial charge is 0.393 e. The predicted octanol–water partition coefficient (Wildman–Crippen LogP) is 3.02. The summed E-state index contributed by atoms with van der Waals surface area (Å²) in [6, 6.07) is 16.6. The molecule has 0 atom stereocenters. The summed E-state index contributed by atoms with van der Waals surface area (Å²) in [5.74, 6) is 0.326. The standard InChI is InChI=1S/C17H16BrN7O/c18-13-9-5-4-8-12(13)17(26)25-24-16-14(19)15(20-10-21-16)23-22-11-6-2-1-3-7-11/h1-10,22H,19H2,(H,25,26)(H2,20,21,23,24). The molecule has 0 aliphatic rings. The molecule has 26 heavy (non-hydrogen) atoms. The van der Waals surface area contributed by atoms with E-state index in [9.17, 15) is 4.79 Å². The number of nitrogens with one attached hydrogen (secondary N) is 4. The Kier molecular flexibility index (Phi) is 5.49. The summed E-state index contributed by atoms with van der Waals surface area (Å²) in [5.41, 5.74) is 18.8. The van der Waals surface area contributed by atoms with Crippen LogP contribution in [-0.2, 0) is 0 Å². The van der Waals surface area contributed by atoms with Crippen molar-refractivity contribution in [3.05, 3.63) is 71.0 Å². The van der Waals surface area contributed by atoms with E-state index in [1.165, 1.54) is 6.33 Å². The number of hydrogen-bond acceptors (Lipinski definition) is 7. The summed E-state index contributed by atoms with van der Waals surface area (Å²) in [5, 5.41) is 0. The summed E-state index contributed by atoms with van der Waals surface area (Å²) in [6.45, 7) is 0. The number of hydrazine groups is 2. The molecule has 132 valence electrons. The second kappa shape index (κ2) is 8.17. The zero-order valence-corrected chi connectivity index (χ0v) is 15.1. The minimum absolute atomic E-state index is 0.253. The molecule has 0 unspecified atom stereocenters. The van der Waals surface area contributed by atoms with Gasteiger partial charge in [0, 0.05) is 4.47 Å². The maximum absolute atomic E-state index is 12.2. The number of halogens is 1. The number of benzene rings is 2. The van der Waals surface area contributed by atoms with Gasteiger partial charge in [-0.15, -0.1) is 0 Å². The quantitative estimate of drug-likeness (QED) is 0.394. The molecule has 0 bridgehead atoms. The highest BCUT2D eigenvalue weighted by molar-refractivity contribution is 9.10. The molecule has 0 aliphatic heterocycles. The molecule has 1 amide bonds. The Balaban J connectivity index is 1.65. The van der Waals surface area contributed by atoms with Crippen molar-refractivity contribution in [3.63, 3.8) is 0 Å². The van der Waals surface area contributed by atoms with Crippen LogP contribution in [0.25, 0.3) is 0 Å². The number of anilines is 4. The number of rotatable bonds is 6. The smallest absolute Gasteiger partial charge is 0.270 e. The van der Waals surface area contributed by atoms with Gasteiger partial charge in [-0.1, -0.05) is 30.3 Å². The molecule has 8 nitrogen and oxygen atoms in total. The van der Waals surface area contributed by atoms with Crippen molar-refractivity contribution >= 4 is 44.8 Å². The van der Waals surface area contributed by atoms with Gasteiger partial charge in [0.15, 0.2) is 11.6 Å². The van der Waals surface area contributed by atoms with Crippen LogP contribution in [0, 0.1) is 0 Å². The SMILES string of the molecule is Nc1c(NNC(=O)c2ccccc2Br)ncnc1NNc1ccccc1. The number of para-hydroxylation sites is 1. The number of carbonyl (C=O) groups is 1. The van der Waals surface area contributed by atoms with Gasteiger partial charge in [-0.2, -0.15) is 0 Å². The lowest BCUT2D eigenvalue weighted by Crippen LogP contribution is -2.30. The summed E-state index contributed by atoms with van der Waals surface area (Å²) < 4.78 is 0.685. The van der Waals surface area contributed by atoms with Gasteiger partial charge in [-0.3, -0.25) is 26.5 Å². The Morgan fingerprint density at radius 1 is 0.885 bits per heavy atom. The predicted molar refractivity (Wildman–Crippen MR) is 105 cm³/mol. The fraction of sp³-hybridized carbons (Fsp3) is 0. The van der Waals surface area contributed by atoms with Gasteiger partial charge in [-0.25, -0.2) is 9.97 Å². The molecule has 0 spiro atoms. The molecule has 1 heterocycles. The molecule has 0 aliphatic carbocycles. The number of nitrogens with two attached hydrogens (primary N) is 1. The number of nitrogens with zero attached hydrogens (tertiary/aromatic N) is 2. The molecule has 3 aromatic rings. The minimum atomic E-state index is -0.326.